The Bertz CT molecular complexity index is 1100. The van der Waals surface area contributed by atoms with Crippen LogP contribution in [0.5, 0.6) is 0 Å². The average Bonchev–Trinajstić information content (AvgIpc) is 3.18. The smallest absolute Gasteiger partial charge is 0.326 e. The fourth-order valence-electron chi connectivity index (χ4n) is 3.36. The normalized spacial score (nSPS) is 15.3. The number of para-hydroxylation sites is 1. The van der Waals surface area contributed by atoms with Crippen LogP contribution in [0.4, 0.5) is 0 Å². The van der Waals surface area contributed by atoms with E-state index in [1.807, 2.05) is 24.3 Å². The van der Waals surface area contributed by atoms with Crippen molar-refractivity contribution >= 4 is 40.5 Å². The Balaban J connectivity index is 1.99. The number of aliphatic carboxylic acids is 1. The molecule has 5 unspecified atom stereocenters. The summed E-state index contributed by atoms with van der Waals surface area (Å²) in [6.45, 7) is 2.54. The van der Waals surface area contributed by atoms with Gasteiger partial charge in [-0.2, -0.15) is 0 Å². The Morgan fingerprint density at radius 3 is 2.26 bits per heavy atom. The highest BCUT2D eigenvalue weighted by Crippen LogP contribution is 2.18. The molecule has 35 heavy (non-hydrogen) atoms. The van der Waals surface area contributed by atoms with Crippen LogP contribution >= 0.6 is 0 Å². The zero-order valence-electron chi connectivity index (χ0n) is 19.3. The second kappa shape index (κ2) is 11.9. The van der Waals surface area contributed by atoms with E-state index in [0.29, 0.717) is 0 Å². The van der Waals surface area contributed by atoms with Crippen molar-refractivity contribution in [3.05, 3.63) is 36.0 Å². The van der Waals surface area contributed by atoms with Crippen molar-refractivity contribution in [3.63, 3.8) is 0 Å². The fourth-order valence-corrected chi connectivity index (χ4v) is 3.36. The van der Waals surface area contributed by atoms with Crippen molar-refractivity contribution in [1.29, 1.82) is 0 Å². The molecule has 2 aromatic rings. The Hall–Kier alpha value is -3.97. The minimum absolute atomic E-state index is 0.166. The quantitative estimate of drug-likeness (QED) is 0.163. The maximum absolute atomic E-state index is 12.6. The number of hydrogen-bond acceptors (Lipinski definition) is 7. The standard InChI is InChI=1S/C22H30N6O7/c1-10(19(31)27-16(22(34)35)8-17(24)30)26-21(33)18(11(2)29)28-20(32)14(23)7-12-9-25-15-6-4-3-5-13(12)15/h3-6,9-11,14,16,18,25,29H,7-8,23H2,1-2H3,(H2,24,30)(H,26,33)(H,27,31)(H,28,32)(H,34,35). The lowest BCUT2D eigenvalue weighted by atomic mass is 10.0. The first kappa shape index (κ1) is 27.3. The number of aromatic nitrogens is 1. The molecule has 10 N–H and O–H groups in total. The minimum atomic E-state index is -1.57. The highest BCUT2D eigenvalue weighted by molar-refractivity contribution is 5.95. The summed E-state index contributed by atoms with van der Waals surface area (Å²) in [7, 11) is 0. The number of nitrogens with one attached hydrogen (secondary N) is 4. The van der Waals surface area contributed by atoms with Gasteiger partial charge in [0.25, 0.3) is 0 Å². The molecule has 190 valence electrons. The number of carboxylic acid groups (broad SMARTS) is 1. The summed E-state index contributed by atoms with van der Waals surface area (Å²) in [5.74, 6) is -4.90. The van der Waals surface area contributed by atoms with Crippen LogP contribution in [-0.2, 0) is 30.4 Å². The lowest BCUT2D eigenvalue weighted by Crippen LogP contribution is -2.59. The van der Waals surface area contributed by atoms with Crippen LogP contribution in [-0.4, -0.2) is 75.1 Å². The SMILES string of the molecule is CC(NC(=O)C(NC(=O)C(N)Cc1c[nH]c2ccccc12)C(C)O)C(=O)NC(CC(N)=O)C(=O)O. The second-order valence-electron chi connectivity index (χ2n) is 8.20. The van der Waals surface area contributed by atoms with E-state index in [9.17, 15) is 29.1 Å². The molecular formula is C22H30N6O7. The van der Waals surface area contributed by atoms with E-state index in [1.165, 1.54) is 13.8 Å². The molecule has 0 saturated heterocycles. The molecule has 0 fully saturated rings. The number of carboxylic acids is 1. The van der Waals surface area contributed by atoms with Crippen molar-refractivity contribution in [2.75, 3.05) is 0 Å². The van der Waals surface area contributed by atoms with Gasteiger partial charge in [-0.25, -0.2) is 4.79 Å². The topological polar surface area (TPSA) is 230 Å². The number of amides is 4. The molecule has 0 bridgehead atoms. The molecule has 1 aromatic heterocycles. The number of hydrogen-bond donors (Lipinski definition) is 8. The Kier molecular flexibility index (Phi) is 9.31. The highest BCUT2D eigenvalue weighted by atomic mass is 16.4. The molecule has 1 heterocycles. The Morgan fingerprint density at radius 2 is 1.66 bits per heavy atom. The van der Waals surface area contributed by atoms with Crippen LogP contribution in [0.25, 0.3) is 10.9 Å². The van der Waals surface area contributed by atoms with Crippen molar-refractivity contribution in [2.45, 2.75) is 57.0 Å². The number of benzene rings is 1. The van der Waals surface area contributed by atoms with Gasteiger partial charge in [-0.1, -0.05) is 18.2 Å². The summed E-state index contributed by atoms with van der Waals surface area (Å²) < 4.78 is 0. The summed E-state index contributed by atoms with van der Waals surface area (Å²) in [5.41, 5.74) is 12.7. The van der Waals surface area contributed by atoms with Crippen LogP contribution < -0.4 is 27.4 Å². The molecule has 1 aromatic carbocycles. The molecule has 0 spiro atoms. The lowest BCUT2D eigenvalue weighted by molar-refractivity contribution is -0.143. The maximum atomic E-state index is 12.6. The number of nitrogens with two attached hydrogens (primary N) is 2. The van der Waals surface area contributed by atoms with Crippen molar-refractivity contribution in [1.82, 2.24) is 20.9 Å². The Labute approximate surface area is 200 Å². The first-order chi connectivity index (χ1) is 16.4. The zero-order valence-corrected chi connectivity index (χ0v) is 19.3. The van der Waals surface area contributed by atoms with E-state index in [2.05, 4.69) is 20.9 Å². The molecule has 5 atom stereocenters. The van der Waals surface area contributed by atoms with Gasteiger partial charge in [-0.3, -0.25) is 19.2 Å². The number of primary amides is 1. The lowest BCUT2D eigenvalue weighted by Gasteiger charge is -2.25. The summed E-state index contributed by atoms with van der Waals surface area (Å²) >= 11 is 0. The van der Waals surface area contributed by atoms with Crippen LogP contribution in [0.2, 0.25) is 0 Å². The molecule has 0 saturated carbocycles. The number of aliphatic hydroxyl groups excluding tert-OH is 1. The van der Waals surface area contributed by atoms with Gasteiger partial charge in [0.2, 0.25) is 23.6 Å². The summed E-state index contributed by atoms with van der Waals surface area (Å²) in [6.07, 6.45) is -0.0718. The fraction of sp³-hybridized carbons (Fsp3) is 0.409. The van der Waals surface area contributed by atoms with Crippen molar-refractivity contribution in [2.24, 2.45) is 11.5 Å². The first-order valence-corrected chi connectivity index (χ1v) is 10.8. The minimum Gasteiger partial charge on any atom is -0.480 e. The van der Waals surface area contributed by atoms with E-state index in [0.717, 1.165) is 16.5 Å². The zero-order chi connectivity index (χ0) is 26.3. The van der Waals surface area contributed by atoms with Gasteiger partial charge in [0.1, 0.15) is 18.1 Å². The van der Waals surface area contributed by atoms with Gasteiger partial charge in [-0.15, -0.1) is 0 Å². The molecule has 0 aliphatic heterocycles. The largest absolute Gasteiger partial charge is 0.480 e. The number of H-pyrrole nitrogens is 1. The third-order valence-electron chi connectivity index (χ3n) is 5.29. The summed E-state index contributed by atoms with van der Waals surface area (Å²) in [4.78, 5) is 62.8. The van der Waals surface area contributed by atoms with Gasteiger partial charge in [0, 0.05) is 17.1 Å². The van der Waals surface area contributed by atoms with E-state index >= 15 is 0 Å². The number of aromatic amines is 1. The molecule has 0 aliphatic carbocycles. The predicted octanol–water partition coefficient (Wildman–Crippen LogP) is -2.15. The van der Waals surface area contributed by atoms with Crippen LogP contribution in [0.15, 0.2) is 30.5 Å². The first-order valence-electron chi connectivity index (χ1n) is 10.8. The van der Waals surface area contributed by atoms with Gasteiger partial charge in [0.05, 0.1) is 18.6 Å². The van der Waals surface area contributed by atoms with Crippen LogP contribution in [0, 0.1) is 0 Å². The van der Waals surface area contributed by atoms with E-state index < -0.39 is 66.3 Å². The molecular weight excluding hydrogens is 460 g/mol. The van der Waals surface area contributed by atoms with Crippen LogP contribution in [0.3, 0.4) is 0 Å². The number of rotatable bonds is 12. The molecule has 0 radical (unpaired) electrons. The number of carbonyl (C=O) groups is 5. The summed E-state index contributed by atoms with van der Waals surface area (Å²) in [6, 6.07) is 2.17. The highest BCUT2D eigenvalue weighted by Gasteiger charge is 2.31. The molecule has 0 aliphatic rings. The third kappa shape index (κ3) is 7.52. The van der Waals surface area contributed by atoms with Gasteiger partial charge in [0.15, 0.2) is 0 Å². The van der Waals surface area contributed by atoms with E-state index in [-0.39, 0.29) is 6.42 Å². The van der Waals surface area contributed by atoms with Crippen molar-refractivity contribution < 1.29 is 34.2 Å². The number of aliphatic hydroxyl groups is 1. The second-order valence-corrected chi connectivity index (χ2v) is 8.20. The number of carbonyl (C=O) groups excluding carboxylic acids is 4. The number of fused-ring (bicyclic) bond motifs is 1. The predicted molar refractivity (Wildman–Crippen MR) is 125 cm³/mol. The third-order valence-corrected chi connectivity index (χ3v) is 5.29. The Morgan fingerprint density at radius 1 is 1.00 bits per heavy atom. The van der Waals surface area contributed by atoms with E-state index in [1.54, 1.807) is 6.20 Å². The monoisotopic (exact) mass is 490 g/mol. The molecule has 4 amide bonds. The van der Waals surface area contributed by atoms with Gasteiger partial charge in [-0.05, 0) is 31.9 Å². The van der Waals surface area contributed by atoms with E-state index in [4.69, 9.17) is 16.6 Å². The van der Waals surface area contributed by atoms with Crippen molar-refractivity contribution in [3.8, 4) is 0 Å². The maximum Gasteiger partial charge on any atom is 0.326 e. The molecule has 13 heteroatoms. The molecule has 13 nitrogen and oxygen atoms in total. The van der Waals surface area contributed by atoms with Gasteiger partial charge < -0.3 is 42.6 Å². The average molecular weight is 491 g/mol. The summed E-state index contributed by atoms with van der Waals surface area (Å²) in [5, 5.41) is 26.8. The molecule has 2 rings (SSSR count). The van der Waals surface area contributed by atoms with Gasteiger partial charge >= 0.3 is 5.97 Å². The van der Waals surface area contributed by atoms with Crippen LogP contribution in [0.1, 0.15) is 25.8 Å².